The molecular formula is C20H35O2. The van der Waals surface area contributed by atoms with Gasteiger partial charge in [-0.05, 0) is 32.1 Å². The smallest absolute Gasteiger partial charge is 0.144 e. The Kier molecular flexibility index (Phi) is 17.4. The van der Waals surface area contributed by atoms with E-state index in [-0.39, 0.29) is 5.78 Å². The summed E-state index contributed by atoms with van der Waals surface area (Å²) < 4.78 is 0. The van der Waals surface area contributed by atoms with Crippen molar-refractivity contribution in [2.75, 3.05) is 0 Å². The predicted molar refractivity (Wildman–Crippen MR) is 94.8 cm³/mol. The topological polar surface area (TPSA) is 34.1 Å². The normalized spacial score (nSPS) is 11.1. The summed E-state index contributed by atoms with van der Waals surface area (Å²) in [5.74, 6) is -0.0346. The highest BCUT2D eigenvalue weighted by Crippen LogP contribution is 2.10. The number of aldehydes is 1. The summed E-state index contributed by atoms with van der Waals surface area (Å²) >= 11 is 0. The SMILES string of the molecule is CCCCCCCC/C=C\CCCCCCCC(=O)[CH]C=O. The number of carbonyl (C=O) groups excluding carboxylic acids is 2. The van der Waals surface area contributed by atoms with Gasteiger partial charge in [-0.1, -0.05) is 70.4 Å². The van der Waals surface area contributed by atoms with Crippen molar-refractivity contribution in [3.63, 3.8) is 0 Å². The fourth-order valence-corrected chi connectivity index (χ4v) is 2.53. The molecule has 0 aromatic rings. The number of ketones is 1. The second kappa shape index (κ2) is 18.1. The lowest BCUT2D eigenvalue weighted by atomic mass is 10.1. The Morgan fingerprint density at radius 3 is 1.77 bits per heavy atom. The molecule has 0 bridgehead atoms. The van der Waals surface area contributed by atoms with Crippen LogP contribution in [0.1, 0.15) is 96.8 Å². The highest BCUT2D eigenvalue weighted by atomic mass is 16.1. The maximum Gasteiger partial charge on any atom is 0.144 e. The number of unbranched alkanes of at least 4 members (excludes halogenated alkanes) is 11. The maximum absolute atomic E-state index is 11.1. The number of rotatable bonds is 17. The molecule has 0 unspecified atom stereocenters. The standard InChI is InChI=1S/C20H35O2/c1-2-3-4-5-6-7-8-9-10-11-12-13-14-15-16-17-20(22)18-19-21/h9-10,18-19H,2-8,11-17H2,1H3/b10-9-. The largest absolute Gasteiger partial charge is 0.303 e. The summed E-state index contributed by atoms with van der Waals surface area (Å²) in [5.41, 5.74) is 0. The highest BCUT2D eigenvalue weighted by Gasteiger charge is 2.00. The number of hydrogen-bond acceptors (Lipinski definition) is 2. The summed E-state index contributed by atoms with van der Waals surface area (Å²) in [7, 11) is 0. The van der Waals surface area contributed by atoms with Gasteiger partial charge in [0, 0.05) is 6.42 Å². The van der Waals surface area contributed by atoms with Crippen molar-refractivity contribution >= 4 is 12.1 Å². The first kappa shape index (κ1) is 21.1. The monoisotopic (exact) mass is 307 g/mol. The van der Waals surface area contributed by atoms with E-state index < -0.39 is 0 Å². The second-order valence-corrected chi connectivity index (χ2v) is 6.10. The van der Waals surface area contributed by atoms with Crippen molar-refractivity contribution in [2.24, 2.45) is 0 Å². The minimum absolute atomic E-state index is 0.0346. The molecule has 2 nitrogen and oxygen atoms in total. The summed E-state index contributed by atoms with van der Waals surface area (Å²) in [4.78, 5) is 21.2. The van der Waals surface area contributed by atoms with Crippen LogP contribution in [0.25, 0.3) is 0 Å². The minimum atomic E-state index is -0.0346. The first-order valence-corrected chi connectivity index (χ1v) is 9.27. The van der Waals surface area contributed by atoms with Gasteiger partial charge in [0.25, 0.3) is 0 Å². The van der Waals surface area contributed by atoms with Crippen LogP contribution in [0.2, 0.25) is 0 Å². The lowest BCUT2D eigenvalue weighted by Gasteiger charge is -1.99. The van der Waals surface area contributed by atoms with Gasteiger partial charge >= 0.3 is 0 Å². The van der Waals surface area contributed by atoms with Crippen molar-refractivity contribution in [3.05, 3.63) is 18.6 Å². The predicted octanol–water partition coefficient (Wildman–Crippen LogP) is 6.00. The van der Waals surface area contributed by atoms with Crippen molar-refractivity contribution in [1.29, 1.82) is 0 Å². The average Bonchev–Trinajstić information content (AvgIpc) is 2.51. The molecule has 1 radical (unpaired) electrons. The fraction of sp³-hybridized carbons (Fsp3) is 0.750. The minimum Gasteiger partial charge on any atom is -0.303 e. The molecule has 0 aliphatic heterocycles. The van der Waals surface area contributed by atoms with Crippen LogP contribution in [0, 0.1) is 6.42 Å². The number of Topliss-reactive ketones (excluding diaryl/α,β-unsaturated/α-hetero) is 1. The first-order chi connectivity index (χ1) is 10.8. The molecule has 2 heteroatoms. The Balaban J connectivity index is 3.14. The van der Waals surface area contributed by atoms with Crippen LogP contribution < -0.4 is 0 Å². The highest BCUT2D eigenvalue weighted by molar-refractivity contribution is 6.01. The van der Waals surface area contributed by atoms with Crippen molar-refractivity contribution < 1.29 is 9.59 Å². The number of allylic oxidation sites excluding steroid dienone is 2. The van der Waals surface area contributed by atoms with Gasteiger partial charge in [0.1, 0.15) is 12.1 Å². The van der Waals surface area contributed by atoms with E-state index in [2.05, 4.69) is 19.1 Å². The van der Waals surface area contributed by atoms with Gasteiger partial charge in [-0.2, -0.15) is 0 Å². The summed E-state index contributed by atoms with van der Waals surface area (Å²) in [6.45, 7) is 2.26. The molecular weight excluding hydrogens is 272 g/mol. The van der Waals surface area contributed by atoms with Crippen molar-refractivity contribution in [2.45, 2.75) is 96.8 Å². The molecule has 0 atom stereocenters. The Morgan fingerprint density at radius 2 is 1.23 bits per heavy atom. The van der Waals surface area contributed by atoms with Crippen LogP contribution in [0.3, 0.4) is 0 Å². The molecule has 0 saturated carbocycles. The van der Waals surface area contributed by atoms with E-state index >= 15 is 0 Å². The molecule has 0 fully saturated rings. The lowest BCUT2D eigenvalue weighted by Crippen LogP contribution is -1.98. The van der Waals surface area contributed by atoms with E-state index in [4.69, 9.17) is 0 Å². The fourth-order valence-electron chi connectivity index (χ4n) is 2.53. The Morgan fingerprint density at radius 1 is 0.727 bits per heavy atom. The molecule has 0 heterocycles. The van der Waals surface area contributed by atoms with Crippen LogP contribution in [-0.4, -0.2) is 12.1 Å². The third kappa shape index (κ3) is 17.1. The second-order valence-electron chi connectivity index (χ2n) is 6.10. The molecule has 0 rings (SSSR count). The van der Waals surface area contributed by atoms with Gasteiger partial charge in [-0.15, -0.1) is 0 Å². The summed E-state index contributed by atoms with van der Waals surface area (Å²) in [6.07, 6.45) is 23.3. The average molecular weight is 307 g/mol. The molecule has 0 aliphatic rings. The van der Waals surface area contributed by atoms with Gasteiger partial charge in [-0.25, -0.2) is 0 Å². The van der Waals surface area contributed by atoms with Crippen LogP contribution in [0.15, 0.2) is 12.2 Å². The molecule has 0 aromatic carbocycles. The Hall–Kier alpha value is -0.920. The van der Waals surface area contributed by atoms with Crippen LogP contribution in [0.5, 0.6) is 0 Å². The van der Waals surface area contributed by atoms with E-state index in [9.17, 15) is 9.59 Å². The van der Waals surface area contributed by atoms with E-state index in [1.807, 2.05) is 0 Å². The summed E-state index contributed by atoms with van der Waals surface area (Å²) in [6, 6.07) is 0. The molecule has 0 spiro atoms. The zero-order chi connectivity index (χ0) is 16.3. The van der Waals surface area contributed by atoms with E-state index in [0.717, 1.165) is 19.3 Å². The molecule has 127 valence electrons. The molecule has 0 amide bonds. The molecule has 0 saturated heterocycles. The van der Waals surface area contributed by atoms with E-state index in [0.29, 0.717) is 12.7 Å². The molecule has 0 aromatic heterocycles. The molecule has 0 aliphatic carbocycles. The van der Waals surface area contributed by atoms with Gasteiger partial charge in [0.15, 0.2) is 0 Å². The lowest BCUT2D eigenvalue weighted by molar-refractivity contribution is -0.118. The van der Waals surface area contributed by atoms with E-state index in [1.54, 1.807) is 0 Å². The third-order valence-corrected chi connectivity index (χ3v) is 3.94. The third-order valence-electron chi connectivity index (χ3n) is 3.94. The van der Waals surface area contributed by atoms with E-state index in [1.165, 1.54) is 70.6 Å². The molecule has 0 N–H and O–H groups in total. The number of hydrogen-bond donors (Lipinski definition) is 0. The van der Waals surface area contributed by atoms with Gasteiger partial charge in [-0.3, -0.25) is 4.79 Å². The zero-order valence-electron chi connectivity index (χ0n) is 14.5. The number of carbonyl (C=O) groups is 2. The first-order valence-electron chi connectivity index (χ1n) is 9.27. The van der Waals surface area contributed by atoms with Crippen LogP contribution >= 0.6 is 0 Å². The Bertz CT molecular complexity index is 281. The maximum atomic E-state index is 11.1. The summed E-state index contributed by atoms with van der Waals surface area (Å²) in [5, 5.41) is 0. The van der Waals surface area contributed by atoms with Gasteiger partial charge < -0.3 is 4.79 Å². The van der Waals surface area contributed by atoms with Gasteiger partial charge in [0.2, 0.25) is 0 Å². The zero-order valence-corrected chi connectivity index (χ0v) is 14.5. The van der Waals surface area contributed by atoms with Gasteiger partial charge in [0.05, 0.1) is 6.42 Å². The Labute approximate surface area is 137 Å². The quantitative estimate of drug-likeness (QED) is 0.143. The van der Waals surface area contributed by atoms with Crippen LogP contribution in [-0.2, 0) is 9.59 Å². The molecule has 22 heavy (non-hydrogen) atoms. The van der Waals surface area contributed by atoms with Crippen LogP contribution in [0.4, 0.5) is 0 Å². The van der Waals surface area contributed by atoms with Crippen molar-refractivity contribution in [3.8, 4) is 0 Å². The van der Waals surface area contributed by atoms with Crippen molar-refractivity contribution in [1.82, 2.24) is 0 Å².